The van der Waals surface area contributed by atoms with Gasteiger partial charge in [0.1, 0.15) is 11.2 Å². The van der Waals surface area contributed by atoms with Gasteiger partial charge in [0, 0.05) is 0 Å². The van der Waals surface area contributed by atoms with Gasteiger partial charge in [-0.05, 0) is 65.7 Å². The predicted molar refractivity (Wildman–Crippen MR) is 93.9 cm³/mol. The lowest BCUT2D eigenvalue weighted by atomic mass is 9.91. The first-order chi connectivity index (χ1) is 10.5. The van der Waals surface area contributed by atoms with E-state index in [0.717, 1.165) is 11.1 Å². The highest BCUT2D eigenvalue weighted by atomic mass is 17.2. The third-order valence-electron chi connectivity index (χ3n) is 3.04. The highest BCUT2D eigenvalue weighted by Crippen LogP contribution is 2.31. The van der Waals surface area contributed by atoms with E-state index in [2.05, 4.69) is 0 Å². The molecule has 0 saturated heterocycles. The van der Waals surface area contributed by atoms with Gasteiger partial charge in [0.15, 0.2) is 0 Å². The quantitative estimate of drug-likeness (QED) is 0.510. The molecule has 1 aromatic rings. The fourth-order valence-corrected chi connectivity index (χ4v) is 1.80. The van der Waals surface area contributed by atoms with E-state index in [1.54, 1.807) is 0 Å². The maximum atomic E-state index is 5.64. The van der Waals surface area contributed by atoms with Gasteiger partial charge in [-0.25, -0.2) is 19.6 Å². The lowest BCUT2D eigenvalue weighted by Crippen LogP contribution is -2.29. The lowest BCUT2D eigenvalue weighted by Gasteiger charge is -2.30. The first-order valence-electron chi connectivity index (χ1n) is 8.18. The van der Waals surface area contributed by atoms with E-state index in [-0.39, 0.29) is 5.60 Å². The molecule has 0 aliphatic heterocycles. The third-order valence-corrected chi connectivity index (χ3v) is 3.04. The summed E-state index contributed by atoms with van der Waals surface area (Å²) >= 11 is 0. The van der Waals surface area contributed by atoms with Crippen molar-refractivity contribution in [2.24, 2.45) is 0 Å². The van der Waals surface area contributed by atoms with Gasteiger partial charge < -0.3 is 0 Å². The second-order valence-electron chi connectivity index (χ2n) is 7.13. The van der Waals surface area contributed by atoms with E-state index < -0.39 is 11.2 Å². The molecule has 0 radical (unpaired) electrons. The minimum Gasteiger partial charge on any atom is -0.239 e. The molecular formula is C19H34O4. The number of benzene rings is 1. The van der Waals surface area contributed by atoms with Gasteiger partial charge in [-0.1, -0.05) is 32.0 Å². The van der Waals surface area contributed by atoms with Crippen molar-refractivity contribution in [1.82, 2.24) is 0 Å². The van der Waals surface area contributed by atoms with Crippen molar-refractivity contribution in [3.63, 3.8) is 0 Å². The first kappa shape index (κ1) is 22.1. The van der Waals surface area contributed by atoms with Gasteiger partial charge in [0.2, 0.25) is 0 Å². The van der Waals surface area contributed by atoms with Crippen LogP contribution < -0.4 is 0 Å². The van der Waals surface area contributed by atoms with Crippen molar-refractivity contribution >= 4 is 0 Å². The smallest absolute Gasteiger partial charge is 0.123 e. The van der Waals surface area contributed by atoms with E-state index in [4.69, 9.17) is 19.6 Å². The Morgan fingerprint density at radius 1 is 0.696 bits per heavy atom. The average Bonchev–Trinajstić information content (AvgIpc) is 2.47. The monoisotopic (exact) mass is 326 g/mol. The van der Waals surface area contributed by atoms with Crippen molar-refractivity contribution in [2.45, 2.75) is 79.1 Å². The molecule has 0 N–H and O–H groups in total. The fraction of sp³-hybridized carbons (Fsp3) is 0.684. The zero-order valence-electron chi connectivity index (χ0n) is 16.4. The molecule has 0 unspecified atom stereocenters. The minimum atomic E-state index is -0.563. The van der Waals surface area contributed by atoms with E-state index in [9.17, 15) is 0 Å². The van der Waals surface area contributed by atoms with Crippen LogP contribution >= 0.6 is 0 Å². The van der Waals surface area contributed by atoms with Crippen molar-refractivity contribution in [1.29, 1.82) is 0 Å². The van der Waals surface area contributed by atoms with Crippen LogP contribution in [-0.4, -0.2) is 12.7 Å². The molecule has 0 heterocycles. The number of hydrogen-bond acceptors (Lipinski definition) is 4. The molecule has 0 aliphatic carbocycles. The molecule has 4 nitrogen and oxygen atoms in total. The predicted octanol–water partition coefficient (Wildman–Crippen LogP) is 5.51. The minimum absolute atomic E-state index is 0.354. The van der Waals surface area contributed by atoms with Crippen LogP contribution in [0.3, 0.4) is 0 Å². The van der Waals surface area contributed by atoms with Crippen molar-refractivity contribution in [3.8, 4) is 0 Å². The van der Waals surface area contributed by atoms with Crippen LogP contribution in [0.5, 0.6) is 0 Å². The van der Waals surface area contributed by atoms with Gasteiger partial charge in [-0.15, -0.1) is 0 Å². The van der Waals surface area contributed by atoms with E-state index in [0.29, 0.717) is 0 Å². The normalized spacial score (nSPS) is 12.6. The summed E-state index contributed by atoms with van der Waals surface area (Å²) in [6, 6.07) is 8.04. The Morgan fingerprint density at radius 2 is 1.13 bits per heavy atom. The van der Waals surface area contributed by atoms with E-state index in [1.807, 2.05) is 86.6 Å². The molecule has 0 bridgehead atoms. The van der Waals surface area contributed by atoms with Gasteiger partial charge in [0.25, 0.3) is 0 Å². The molecule has 4 heteroatoms. The van der Waals surface area contributed by atoms with Crippen molar-refractivity contribution in [2.75, 3.05) is 7.11 Å². The average molecular weight is 326 g/mol. The fourth-order valence-electron chi connectivity index (χ4n) is 1.80. The Balaban J connectivity index is 0.00000232. The molecule has 23 heavy (non-hydrogen) atoms. The van der Waals surface area contributed by atoms with Gasteiger partial charge in [-0.3, -0.25) is 0 Å². The SMILES string of the molecule is CC.COOC(C)(C)c1cccc(C(C)(C)OOC(C)(C)C)c1. The molecule has 0 aliphatic rings. The first-order valence-corrected chi connectivity index (χ1v) is 8.18. The Bertz CT molecular complexity index is 459. The summed E-state index contributed by atoms with van der Waals surface area (Å²) in [7, 11) is 1.51. The van der Waals surface area contributed by atoms with Crippen LogP contribution in [0.1, 0.15) is 73.4 Å². The van der Waals surface area contributed by atoms with Gasteiger partial charge in [-0.2, -0.15) is 0 Å². The van der Waals surface area contributed by atoms with E-state index >= 15 is 0 Å². The molecule has 1 aromatic carbocycles. The number of hydrogen-bond donors (Lipinski definition) is 0. The largest absolute Gasteiger partial charge is 0.239 e. The maximum absolute atomic E-state index is 5.64. The molecule has 134 valence electrons. The van der Waals surface area contributed by atoms with Crippen molar-refractivity contribution < 1.29 is 19.6 Å². The summed E-state index contributed by atoms with van der Waals surface area (Å²) in [5.41, 5.74) is 0.567. The zero-order chi connectivity index (χ0) is 18.3. The topological polar surface area (TPSA) is 36.9 Å². The maximum Gasteiger partial charge on any atom is 0.123 e. The number of rotatable bonds is 6. The van der Waals surface area contributed by atoms with Crippen molar-refractivity contribution in [3.05, 3.63) is 35.4 Å². The molecule has 0 amide bonds. The highest BCUT2D eigenvalue weighted by molar-refractivity contribution is 5.30. The molecule has 0 fully saturated rings. The zero-order valence-corrected chi connectivity index (χ0v) is 16.4. The van der Waals surface area contributed by atoms with Crippen LogP contribution in [0.4, 0.5) is 0 Å². The summed E-state index contributed by atoms with van der Waals surface area (Å²) in [4.78, 5) is 21.2. The Labute approximate surface area is 141 Å². The van der Waals surface area contributed by atoms with Gasteiger partial charge >= 0.3 is 0 Å². The van der Waals surface area contributed by atoms with Crippen LogP contribution in [-0.2, 0) is 30.8 Å². The van der Waals surface area contributed by atoms with Gasteiger partial charge in [0.05, 0.1) is 12.7 Å². The second-order valence-corrected chi connectivity index (χ2v) is 7.13. The second kappa shape index (κ2) is 8.78. The van der Waals surface area contributed by atoms with Crippen LogP contribution in [0.25, 0.3) is 0 Å². The summed E-state index contributed by atoms with van der Waals surface area (Å²) in [5, 5.41) is 0. The van der Waals surface area contributed by atoms with Crippen LogP contribution in [0.2, 0.25) is 0 Å². The standard InChI is InChI=1S/C17H28O4.C2H6/c1-15(2,3)19-21-17(6,7)14-11-9-10-13(12-14)16(4,5)20-18-8;1-2/h9-12H,1-8H3;1-2H3. The molecule has 0 spiro atoms. The van der Waals surface area contributed by atoms with E-state index in [1.165, 1.54) is 7.11 Å². The summed E-state index contributed by atoms with van der Waals surface area (Å²) < 4.78 is 0. The summed E-state index contributed by atoms with van der Waals surface area (Å²) in [5.74, 6) is 0. The lowest BCUT2D eigenvalue weighted by molar-refractivity contribution is -0.401. The molecule has 0 saturated carbocycles. The molecule has 0 atom stereocenters. The third kappa shape index (κ3) is 7.44. The summed E-state index contributed by atoms with van der Waals surface area (Å²) in [6.07, 6.45) is 0. The highest BCUT2D eigenvalue weighted by Gasteiger charge is 2.29. The van der Waals surface area contributed by atoms with Crippen LogP contribution in [0, 0.1) is 0 Å². The molecule has 1 rings (SSSR count). The Hall–Kier alpha value is -0.940. The van der Waals surface area contributed by atoms with Crippen LogP contribution in [0.15, 0.2) is 24.3 Å². The Kier molecular flexibility index (Phi) is 8.43. The molecule has 0 aromatic heterocycles. The Morgan fingerprint density at radius 3 is 1.52 bits per heavy atom. The molecular weight excluding hydrogens is 292 g/mol. The summed E-state index contributed by atoms with van der Waals surface area (Å²) in [6.45, 7) is 17.7.